The van der Waals surface area contributed by atoms with Gasteiger partial charge in [-0.05, 0) is 29.8 Å². The Morgan fingerprint density at radius 3 is 2.80 bits per heavy atom. The molecule has 0 saturated heterocycles. The van der Waals surface area contributed by atoms with E-state index >= 15 is 0 Å². The fourth-order valence-electron chi connectivity index (χ4n) is 3.17. The minimum absolute atomic E-state index is 0.210. The van der Waals surface area contributed by atoms with Crippen LogP contribution in [0.5, 0.6) is 5.75 Å². The third-order valence-corrected chi connectivity index (χ3v) is 4.53. The number of fused-ring (bicyclic) bond motifs is 1. The van der Waals surface area contributed by atoms with E-state index in [4.69, 9.17) is 4.74 Å². The second-order valence-electron chi connectivity index (χ2n) is 6.44. The maximum Gasteiger partial charge on any atom is 0.266 e. The lowest BCUT2D eigenvalue weighted by molar-refractivity contribution is 0.0950. The number of benzene rings is 2. The maximum absolute atomic E-state index is 13.0. The first-order valence-electron chi connectivity index (χ1n) is 9.53. The predicted octanol–water partition coefficient (Wildman–Crippen LogP) is 1.81. The van der Waals surface area contributed by atoms with Gasteiger partial charge in [0.25, 0.3) is 11.5 Å². The van der Waals surface area contributed by atoms with Gasteiger partial charge in [-0.1, -0.05) is 30.3 Å². The molecular formula is C21H20N6O3. The molecule has 0 aliphatic rings. The molecule has 2 aromatic carbocycles. The number of hydrogen-bond donors (Lipinski definition) is 1. The van der Waals surface area contributed by atoms with Crippen molar-refractivity contribution >= 4 is 16.7 Å². The SMILES string of the molecule is CCOc1ccc2ccccc2c1C(=O)NCCn1nc(-n2cncn2)ccc1=O. The third-order valence-electron chi connectivity index (χ3n) is 4.53. The molecule has 0 bridgehead atoms. The van der Waals surface area contributed by atoms with E-state index in [9.17, 15) is 9.59 Å². The largest absolute Gasteiger partial charge is 0.493 e. The highest BCUT2D eigenvalue weighted by Crippen LogP contribution is 2.28. The first-order valence-corrected chi connectivity index (χ1v) is 9.53. The average molecular weight is 404 g/mol. The van der Waals surface area contributed by atoms with Crippen LogP contribution in [0.3, 0.4) is 0 Å². The van der Waals surface area contributed by atoms with Gasteiger partial charge in [0.2, 0.25) is 0 Å². The van der Waals surface area contributed by atoms with Crippen LogP contribution < -0.4 is 15.6 Å². The zero-order chi connectivity index (χ0) is 20.9. The summed E-state index contributed by atoms with van der Waals surface area (Å²) in [6.45, 7) is 2.76. The molecule has 1 N–H and O–H groups in total. The van der Waals surface area contributed by atoms with Crippen molar-refractivity contribution in [3.05, 3.63) is 77.1 Å². The Bertz CT molecular complexity index is 1230. The Morgan fingerprint density at radius 1 is 1.13 bits per heavy atom. The predicted molar refractivity (Wildman–Crippen MR) is 111 cm³/mol. The van der Waals surface area contributed by atoms with E-state index in [1.54, 1.807) is 12.1 Å². The quantitative estimate of drug-likeness (QED) is 0.504. The Labute approximate surface area is 171 Å². The molecular weight excluding hydrogens is 384 g/mol. The fraction of sp³-hybridized carbons (Fsp3) is 0.190. The Hall–Kier alpha value is -4.01. The van der Waals surface area contributed by atoms with Crippen molar-refractivity contribution in [2.75, 3.05) is 13.2 Å². The molecule has 2 heterocycles. The van der Waals surface area contributed by atoms with Gasteiger partial charge >= 0.3 is 0 Å². The molecule has 0 aliphatic carbocycles. The summed E-state index contributed by atoms with van der Waals surface area (Å²) < 4.78 is 8.40. The molecule has 0 spiro atoms. The fourth-order valence-corrected chi connectivity index (χ4v) is 3.17. The molecule has 30 heavy (non-hydrogen) atoms. The van der Waals surface area contributed by atoms with Gasteiger partial charge < -0.3 is 10.1 Å². The van der Waals surface area contributed by atoms with E-state index < -0.39 is 0 Å². The van der Waals surface area contributed by atoms with E-state index in [1.165, 1.54) is 28.1 Å². The highest BCUT2D eigenvalue weighted by molar-refractivity contribution is 6.09. The van der Waals surface area contributed by atoms with Gasteiger partial charge in [0, 0.05) is 12.6 Å². The van der Waals surface area contributed by atoms with E-state index in [0.29, 0.717) is 23.7 Å². The van der Waals surface area contributed by atoms with Crippen LogP contribution in [-0.2, 0) is 6.54 Å². The van der Waals surface area contributed by atoms with Gasteiger partial charge in [0.05, 0.1) is 18.7 Å². The Morgan fingerprint density at radius 2 is 2.00 bits per heavy atom. The zero-order valence-corrected chi connectivity index (χ0v) is 16.4. The van der Waals surface area contributed by atoms with E-state index in [1.807, 2.05) is 37.3 Å². The Kier molecular flexibility index (Phi) is 5.51. The standard InChI is InChI=1S/C21H20N6O3/c1-2-30-17-8-7-15-5-3-4-6-16(15)20(17)21(29)23-11-12-26-19(28)10-9-18(25-26)27-14-22-13-24-27/h3-10,13-14H,2,11-12H2,1H3,(H,23,29). The molecule has 0 saturated carbocycles. The van der Waals surface area contributed by atoms with Crippen LogP contribution in [0.4, 0.5) is 0 Å². The highest BCUT2D eigenvalue weighted by Gasteiger charge is 2.16. The lowest BCUT2D eigenvalue weighted by Crippen LogP contribution is -2.32. The Balaban J connectivity index is 1.53. The van der Waals surface area contributed by atoms with Crippen molar-refractivity contribution in [2.24, 2.45) is 0 Å². The van der Waals surface area contributed by atoms with Crippen molar-refractivity contribution in [1.82, 2.24) is 29.9 Å². The molecule has 0 unspecified atom stereocenters. The minimum Gasteiger partial charge on any atom is -0.493 e. The van der Waals surface area contributed by atoms with Crippen LogP contribution in [0.25, 0.3) is 16.6 Å². The van der Waals surface area contributed by atoms with Crippen molar-refractivity contribution in [1.29, 1.82) is 0 Å². The van der Waals surface area contributed by atoms with Crippen molar-refractivity contribution in [2.45, 2.75) is 13.5 Å². The van der Waals surface area contributed by atoms with E-state index in [0.717, 1.165) is 10.8 Å². The molecule has 9 heteroatoms. The van der Waals surface area contributed by atoms with Crippen LogP contribution in [0, 0.1) is 0 Å². The number of rotatable bonds is 7. The summed E-state index contributed by atoms with van der Waals surface area (Å²) in [6.07, 6.45) is 2.88. The van der Waals surface area contributed by atoms with Crippen molar-refractivity contribution in [3.8, 4) is 11.6 Å². The topological polar surface area (TPSA) is 104 Å². The molecule has 2 aromatic heterocycles. The molecule has 9 nitrogen and oxygen atoms in total. The average Bonchev–Trinajstić information content (AvgIpc) is 3.30. The molecule has 0 radical (unpaired) electrons. The summed E-state index contributed by atoms with van der Waals surface area (Å²) in [5.41, 5.74) is 0.208. The lowest BCUT2D eigenvalue weighted by Gasteiger charge is -2.14. The van der Waals surface area contributed by atoms with Gasteiger partial charge in [0.1, 0.15) is 18.4 Å². The van der Waals surface area contributed by atoms with Crippen LogP contribution >= 0.6 is 0 Å². The molecule has 4 rings (SSSR count). The maximum atomic E-state index is 13.0. The molecule has 1 amide bonds. The summed E-state index contributed by atoms with van der Waals surface area (Å²) in [4.78, 5) is 29.0. The van der Waals surface area contributed by atoms with Gasteiger partial charge in [-0.25, -0.2) is 14.3 Å². The third kappa shape index (κ3) is 3.90. The van der Waals surface area contributed by atoms with Gasteiger partial charge in [-0.15, -0.1) is 5.10 Å². The lowest BCUT2D eigenvalue weighted by atomic mass is 10.0. The molecule has 152 valence electrons. The van der Waals surface area contributed by atoms with Crippen LogP contribution in [0.2, 0.25) is 0 Å². The normalized spacial score (nSPS) is 10.8. The number of carbonyl (C=O) groups excluding carboxylic acids is 1. The van der Waals surface area contributed by atoms with Crippen molar-refractivity contribution < 1.29 is 9.53 Å². The molecule has 0 atom stereocenters. The molecule has 0 aliphatic heterocycles. The highest BCUT2D eigenvalue weighted by atomic mass is 16.5. The van der Waals surface area contributed by atoms with E-state index in [2.05, 4.69) is 20.5 Å². The van der Waals surface area contributed by atoms with Crippen molar-refractivity contribution in [3.63, 3.8) is 0 Å². The molecule has 4 aromatic rings. The summed E-state index contributed by atoms with van der Waals surface area (Å²) in [5, 5.41) is 12.9. The van der Waals surface area contributed by atoms with Crippen LogP contribution in [0.15, 0.2) is 66.0 Å². The number of nitrogens with zero attached hydrogens (tertiary/aromatic N) is 5. The second-order valence-corrected chi connectivity index (χ2v) is 6.44. The van der Waals surface area contributed by atoms with Gasteiger partial charge in [0.15, 0.2) is 5.82 Å². The number of amides is 1. The number of ether oxygens (including phenoxy) is 1. The summed E-state index contributed by atoms with van der Waals surface area (Å²) in [7, 11) is 0. The van der Waals surface area contributed by atoms with Gasteiger partial charge in [-0.3, -0.25) is 9.59 Å². The number of nitrogens with one attached hydrogen (secondary N) is 1. The van der Waals surface area contributed by atoms with Gasteiger partial charge in [-0.2, -0.15) is 5.10 Å². The first-order chi connectivity index (χ1) is 14.7. The second kappa shape index (κ2) is 8.56. The monoisotopic (exact) mass is 404 g/mol. The summed E-state index contributed by atoms with van der Waals surface area (Å²) in [6, 6.07) is 14.3. The smallest absolute Gasteiger partial charge is 0.266 e. The first kappa shape index (κ1) is 19.3. The van der Waals surface area contributed by atoms with E-state index in [-0.39, 0.29) is 24.6 Å². The van der Waals surface area contributed by atoms with Crippen LogP contribution in [0.1, 0.15) is 17.3 Å². The number of aromatic nitrogens is 5. The molecule has 0 fully saturated rings. The zero-order valence-electron chi connectivity index (χ0n) is 16.4. The van der Waals surface area contributed by atoms with Crippen LogP contribution in [-0.4, -0.2) is 43.6 Å². The number of carbonyl (C=O) groups is 1. The summed E-state index contributed by atoms with van der Waals surface area (Å²) >= 11 is 0. The summed E-state index contributed by atoms with van der Waals surface area (Å²) in [5.74, 6) is 0.721. The number of hydrogen-bond acceptors (Lipinski definition) is 6. The minimum atomic E-state index is -0.270.